The van der Waals surface area contributed by atoms with E-state index in [-0.39, 0.29) is 18.8 Å². The zero-order chi connectivity index (χ0) is 16.2. The predicted molar refractivity (Wildman–Crippen MR) is 94.1 cm³/mol. The Labute approximate surface area is 142 Å². The summed E-state index contributed by atoms with van der Waals surface area (Å²) in [5.74, 6) is 0.595. The van der Waals surface area contributed by atoms with E-state index in [9.17, 15) is 10.2 Å². The number of β-amino-alcohol motifs (C(OH)–C–C–N with tert-alkyl or cyclic N) is 1. The van der Waals surface area contributed by atoms with Crippen molar-refractivity contribution in [3.8, 4) is 0 Å². The third kappa shape index (κ3) is 4.24. The first-order valence-corrected chi connectivity index (χ1v) is 9.79. The van der Waals surface area contributed by atoms with Crippen LogP contribution in [0.2, 0.25) is 0 Å². The molecule has 2 N–H and O–H groups in total. The van der Waals surface area contributed by atoms with Gasteiger partial charge in [-0.3, -0.25) is 4.90 Å². The van der Waals surface area contributed by atoms with Crippen LogP contribution in [0.25, 0.3) is 0 Å². The lowest BCUT2D eigenvalue weighted by Gasteiger charge is -2.41. The van der Waals surface area contributed by atoms with E-state index >= 15 is 0 Å². The molecule has 0 unspecified atom stereocenters. The quantitative estimate of drug-likeness (QED) is 0.856. The van der Waals surface area contributed by atoms with Gasteiger partial charge in [0.05, 0.1) is 18.4 Å². The molecule has 0 amide bonds. The highest BCUT2D eigenvalue weighted by Gasteiger charge is 2.30. The van der Waals surface area contributed by atoms with Gasteiger partial charge < -0.3 is 15.1 Å². The van der Waals surface area contributed by atoms with Crippen LogP contribution >= 0.6 is 11.3 Å². The maximum absolute atomic E-state index is 9.94. The summed E-state index contributed by atoms with van der Waals surface area (Å²) in [7, 11) is 0. The lowest BCUT2D eigenvalue weighted by atomic mass is 9.94. The molecule has 23 heavy (non-hydrogen) atoms. The van der Waals surface area contributed by atoms with Crippen LogP contribution < -0.4 is 4.90 Å². The molecule has 0 spiro atoms. The van der Waals surface area contributed by atoms with Gasteiger partial charge in [-0.25, -0.2) is 4.98 Å². The van der Waals surface area contributed by atoms with E-state index in [4.69, 9.17) is 4.98 Å². The first kappa shape index (κ1) is 17.1. The summed E-state index contributed by atoms with van der Waals surface area (Å²) in [6, 6.07) is 0.223. The third-order valence-electron chi connectivity index (χ3n) is 5.19. The molecule has 5 nitrogen and oxygen atoms in total. The average Bonchev–Trinajstić information content (AvgIpc) is 3.04. The minimum absolute atomic E-state index is 0.204. The van der Waals surface area contributed by atoms with Gasteiger partial charge in [-0.2, -0.15) is 0 Å². The number of anilines is 1. The van der Waals surface area contributed by atoms with Gasteiger partial charge in [-0.15, -0.1) is 11.3 Å². The van der Waals surface area contributed by atoms with Crippen molar-refractivity contribution in [2.45, 2.75) is 51.2 Å². The molecule has 0 radical (unpaired) electrons. The number of hydrogen-bond acceptors (Lipinski definition) is 6. The molecular formula is C17H29N3O2S. The summed E-state index contributed by atoms with van der Waals surface area (Å²) in [5, 5.41) is 22.9. The fourth-order valence-corrected chi connectivity index (χ4v) is 4.78. The summed E-state index contributed by atoms with van der Waals surface area (Å²) in [4.78, 5) is 9.46. The topological polar surface area (TPSA) is 59.8 Å². The molecule has 3 atom stereocenters. The molecule has 0 aromatic carbocycles. The van der Waals surface area contributed by atoms with Crippen molar-refractivity contribution in [3.05, 3.63) is 11.1 Å². The highest BCUT2D eigenvalue weighted by Crippen LogP contribution is 2.28. The van der Waals surface area contributed by atoms with Crippen LogP contribution in [0.5, 0.6) is 0 Å². The standard InChI is InChI=1S/C17H29N3O2S/c1-2-14-12-23-17(18-14)19-7-3-4-13(8-19)9-20-10-16(22)6-5-15(20)11-21/h12-13,15-16,21-22H,2-11H2,1H3/t13-,15-,16-/m1/s1. The van der Waals surface area contributed by atoms with Gasteiger partial charge in [-0.05, 0) is 38.0 Å². The average molecular weight is 340 g/mol. The zero-order valence-corrected chi connectivity index (χ0v) is 14.8. The summed E-state index contributed by atoms with van der Waals surface area (Å²) < 4.78 is 0. The summed E-state index contributed by atoms with van der Waals surface area (Å²) >= 11 is 1.76. The van der Waals surface area contributed by atoms with Crippen LogP contribution in [0, 0.1) is 5.92 Å². The summed E-state index contributed by atoms with van der Waals surface area (Å²) in [6.45, 7) is 6.18. The molecule has 2 aliphatic rings. The van der Waals surface area contributed by atoms with Crippen molar-refractivity contribution in [2.75, 3.05) is 37.7 Å². The van der Waals surface area contributed by atoms with Crippen LogP contribution in [-0.4, -0.2) is 65.0 Å². The van der Waals surface area contributed by atoms with Gasteiger partial charge in [0.1, 0.15) is 0 Å². The first-order valence-electron chi connectivity index (χ1n) is 8.92. The second kappa shape index (κ2) is 7.92. The zero-order valence-electron chi connectivity index (χ0n) is 14.0. The number of aryl methyl sites for hydroxylation is 1. The number of thiazole rings is 1. The van der Waals surface area contributed by atoms with Crippen molar-refractivity contribution in [3.63, 3.8) is 0 Å². The molecule has 3 rings (SSSR count). The molecule has 2 fully saturated rings. The van der Waals surface area contributed by atoms with Crippen LogP contribution in [-0.2, 0) is 6.42 Å². The van der Waals surface area contributed by atoms with Gasteiger partial charge in [0, 0.05) is 37.6 Å². The van der Waals surface area contributed by atoms with E-state index < -0.39 is 0 Å². The Morgan fingerprint density at radius 2 is 2.17 bits per heavy atom. The van der Waals surface area contributed by atoms with Gasteiger partial charge >= 0.3 is 0 Å². The highest BCUT2D eigenvalue weighted by atomic mass is 32.1. The second-order valence-corrected chi connectivity index (χ2v) is 7.79. The lowest BCUT2D eigenvalue weighted by Crippen LogP contribution is -2.51. The number of rotatable bonds is 5. The largest absolute Gasteiger partial charge is 0.395 e. The Hall–Kier alpha value is -0.690. The van der Waals surface area contributed by atoms with Gasteiger partial charge in [-0.1, -0.05) is 6.92 Å². The second-order valence-electron chi connectivity index (χ2n) is 6.95. The van der Waals surface area contributed by atoms with E-state index in [1.165, 1.54) is 18.5 Å². The van der Waals surface area contributed by atoms with Crippen molar-refractivity contribution in [2.24, 2.45) is 5.92 Å². The normalized spacial score (nSPS) is 29.9. The molecular weight excluding hydrogens is 310 g/mol. The number of aliphatic hydroxyl groups excluding tert-OH is 2. The van der Waals surface area contributed by atoms with Gasteiger partial charge in [0.2, 0.25) is 0 Å². The molecule has 2 aliphatic heterocycles. The molecule has 2 saturated heterocycles. The first-order chi connectivity index (χ1) is 11.2. The molecule has 6 heteroatoms. The van der Waals surface area contributed by atoms with Crippen LogP contribution in [0.15, 0.2) is 5.38 Å². The maximum atomic E-state index is 9.94. The lowest BCUT2D eigenvalue weighted by molar-refractivity contribution is 0.00478. The number of nitrogens with zero attached hydrogens (tertiary/aromatic N) is 3. The Kier molecular flexibility index (Phi) is 5.91. The number of likely N-dealkylation sites (tertiary alicyclic amines) is 1. The van der Waals surface area contributed by atoms with Crippen LogP contribution in [0.1, 0.15) is 38.3 Å². The van der Waals surface area contributed by atoms with Crippen molar-refractivity contribution in [1.29, 1.82) is 0 Å². The monoisotopic (exact) mass is 339 g/mol. The minimum atomic E-state index is -0.233. The SMILES string of the molecule is CCc1csc(N2CCC[C@@H](CN3C[C@H](O)CC[C@@H]3CO)C2)n1. The van der Waals surface area contributed by atoms with E-state index in [0.717, 1.165) is 44.0 Å². The molecule has 0 saturated carbocycles. The smallest absolute Gasteiger partial charge is 0.185 e. The number of piperidine rings is 2. The molecule has 1 aromatic rings. The van der Waals surface area contributed by atoms with Gasteiger partial charge in [0.25, 0.3) is 0 Å². The Balaban J connectivity index is 1.59. The Bertz CT molecular complexity index is 496. The van der Waals surface area contributed by atoms with Crippen LogP contribution in [0.4, 0.5) is 5.13 Å². The molecule has 1 aromatic heterocycles. The molecule has 3 heterocycles. The van der Waals surface area contributed by atoms with Gasteiger partial charge in [0.15, 0.2) is 5.13 Å². The van der Waals surface area contributed by atoms with E-state index in [1.54, 1.807) is 11.3 Å². The fourth-order valence-electron chi connectivity index (χ4n) is 3.83. The number of hydrogen-bond donors (Lipinski definition) is 2. The van der Waals surface area contributed by atoms with Crippen molar-refractivity contribution >= 4 is 16.5 Å². The van der Waals surface area contributed by atoms with E-state index in [0.29, 0.717) is 12.5 Å². The predicted octanol–water partition coefficient (Wildman–Crippen LogP) is 1.74. The fraction of sp³-hybridized carbons (Fsp3) is 0.824. The minimum Gasteiger partial charge on any atom is -0.395 e. The molecule has 130 valence electrons. The molecule has 0 aliphatic carbocycles. The third-order valence-corrected chi connectivity index (χ3v) is 6.14. The molecule has 0 bridgehead atoms. The number of aliphatic hydroxyl groups is 2. The van der Waals surface area contributed by atoms with Crippen molar-refractivity contribution < 1.29 is 10.2 Å². The summed E-state index contributed by atoms with van der Waals surface area (Å²) in [6.07, 6.45) is 4.91. The Morgan fingerprint density at radius 3 is 2.91 bits per heavy atom. The Morgan fingerprint density at radius 1 is 1.30 bits per heavy atom. The highest BCUT2D eigenvalue weighted by molar-refractivity contribution is 7.13. The summed E-state index contributed by atoms with van der Waals surface area (Å²) in [5.41, 5.74) is 1.19. The van der Waals surface area contributed by atoms with E-state index in [1.807, 2.05) is 0 Å². The van der Waals surface area contributed by atoms with Crippen molar-refractivity contribution in [1.82, 2.24) is 9.88 Å². The maximum Gasteiger partial charge on any atom is 0.185 e. The van der Waals surface area contributed by atoms with Crippen LogP contribution in [0.3, 0.4) is 0 Å². The number of aromatic nitrogens is 1. The van der Waals surface area contributed by atoms with E-state index in [2.05, 4.69) is 22.1 Å².